The predicted molar refractivity (Wildman–Crippen MR) is 82.0 cm³/mol. The molecule has 0 radical (unpaired) electrons. The average molecular weight is 278 g/mol. The largest absolute Gasteiger partial charge is 0.498 e. The molecule has 0 bridgehead atoms. The molecule has 5 heteroatoms. The summed E-state index contributed by atoms with van der Waals surface area (Å²) < 4.78 is 14.1. The van der Waals surface area contributed by atoms with E-state index < -0.39 is 0 Å². The van der Waals surface area contributed by atoms with E-state index in [1.807, 2.05) is 10.9 Å². The highest BCUT2D eigenvalue weighted by molar-refractivity contribution is 6.61. The summed E-state index contributed by atoms with van der Waals surface area (Å²) in [4.78, 5) is 0. The van der Waals surface area contributed by atoms with Crippen LogP contribution in [0.3, 0.4) is 0 Å². The van der Waals surface area contributed by atoms with Gasteiger partial charge in [-0.05, 0) is 33.6 Å². The van der Waals surface area contributed by atoms with Crippen molar-refractivity contribution in [3.05, 3.63) is 12.4 Å². The molecule has 1 saturated heterocycles. The van der Waals surface area contributed by atoms with Crippen LogP contribution >= 0.6 is 0 Å². The van der Waals surface area contributed by atoms with E-state index >= 15 is 0 Å². The van der Waals surface area contributed by atoms with Crippen LogP contribution in [0.2, 0.25) is 0 Å². The lowest BCUT2D eigenvalue weighted by Gasteiger charge is -2.32. The lowest BCUT2D eigenvalue weighted by molar-refractivity contribution is 0.00578. The molecule has 0 atom stereocenters. The maximum Gasteiger partial charge on any atom is 0.498 e. The smallest absolute Gasteiger partial charge is 0.399 e. The van der Waals surface area contributed by atoms with Crippen molar-refractivity contribution in [2.75, 3.05) is 0 Å². The van der Waals surface area contributed by atoms with Crippen molar-refractivity contribution in [2.45, 2.75) is 72.1 Å². The molecule has 20 heavy (non-hydrogen) atoms. The first-order chi connectivity index (χ1) is 9.29. The molecule has 0 aromatic carbocycles. The Balaban J connectivity index is 2.07. The number of rotatable bonds is 5. The van der Waals surface area contributed by atoms with Crippen molar-refractivity contribution >= 4 is 12.6 Å². The zero-order valence-corrected chi connectivity index (χ0v) is 13.6. The molecule has 4 nitrogen and oxygen atoms in total. The van der Waals surface area contributed by atoms with Gasteiger partial charge >= 0.3 is 7.12 Å². The second kappa shape index (κ2) is 5.53. The molecule has 2 rings (SSSR count). The van der Waals surface area contributed by atoms with Crippen molar-refractivity contribution in [1.82, 2.24) is 9.78 Å². The van der Waals surface area contributed by atoms with E-state index in [1.54, 1.807) is 0 Å². The number of hydrogen-bond donors (Lipinski definition) is 0. The lowest BCUT2D eigenvalue weighted by Crippen LogP contribution is -2.41. The van der Waals surface area contributed by atoms with Gasteiger partial charge in [-0.25, -0.2) is 0 Å². The van der Waals surface area contributed by atoms with Gasteiger partial charge in [-0.2, -0.15) is 5.10 Å². The molecule has 1 aliphatic rings. The van der Waals surface area contributed by atoms with Crippen molar-refractivity contribution in [2.24, 2.45) is 5.92 Å². The standard InChI is InChI=1S/C15H27BN2O2/c1-7-12(8-2)10-18-11-13(9-17-18)16-19-14(3,4)15(5,6)20-16/h9,11-12H,7-8,10H2,1-6H3. The van der Waals surface area contributed by atoms with Gasteiger partial charge in [0.15, 0.2) is 0 Å². The Hall–Kier alpha value is -0.805. The Morgan fingerprint density at radius 3 is 2.20 bits per heavy atom. The second-order valence-electron chi connectivity index (χ2n) is 6.77. The van der Waals surface area contributed by atoms with Gasteiger partial charge in [-0.15, -0.1) is 0 Å². The van der Waals surface area contributed by atoms with Crippen LogP contribution in [0.1, 0.15) is 54.4 Å². The molecule has 0 spiro atoms. The fourth-order valence-electron chi connectivity index (χ4n) is 2.39. The van der Waals surface area contributed by atoms with Gasteiger partial charge in [0.1, 0.15) is 0 Å². The third-order valence-corrected chi connectivity index (χ3v) is 4.78. The highest BCUT2D eigenvalue weighted by Crippen LogP contribution is 2.36. The Morgan fingerprint density at radius 1 is 1.15 bits per heavy atom. The van der Waals surface area contributed by atoms with E-state index in [1.165, 1.54) is 12.8 Å². The second-order valence-corrected chi connectivity index (χ2v) is 6.77. The Labute approximate surface area is 123 Å². The lowest BCUT2D eigenvalue weighted by atomic mass is 9.82. The maximum absolute atomic E-state index is 6.05. The van der Waals surface area contributed by atoms with Crippen LogP contribution in [-0.4, -0.2) is 28.1 Å². The monoisotopic (exact) mass is 278 g/mol. The summed E-state index contributed by atoms with van der Waals surface area (Å²) in [5.41, 5.74) is 0.416. The summed E-state index contributed by atoms with van der Waals surface area (Å²) in [7, 11) is -0.310. The van der Waals surface area contributed by atoms with Gasteiger partial charge in [-0.3, -0.25) is 4.68 Å². The van der Waals surface area contributed by atoms with Gasteiger partial charge in [0.2, 0.25) is 0 Å². The molecule has 112 valence electrons. The van der Waals surface area contributed by atoms with Gasteiger partial charge in [0, 0.05) is 24.4 Å². The molecule has 1 aromatic heterocycles. The minimum atomic E-state index is -0.310. The molecule has 0 saturated carbocycles. The molecule has 0 aliphatic carbocycles. The Morgan fingerprint density at radius 2 is 1.70 bits per heavy atom. The first-order valence-corrected chi connectivity index (χ1v) is 7.67. The van der Waals surface area contributed by atoms with Crippen LogP contribution in [0.15, 0.2) is 12.4 Å². The van der Waals surface area contributed by atoms with E-state index in [0.717, 1.165) is 12.0 Å². The van der Waals surface area contributed by atoms with Crippen molar-refractivity contribution in [1.29, 1.82) is 0 Å². The summed E-state index contributed by atoms with van der Waals surface area (Å²) in [6, 6.07) is 0. The summed E-state index contributed by atoms with van der Waals surface area (Å²) in [5.74, 6) is 0.682. The van der Waals surface area contributed by atoms with Crippen LogP contribution in [0.25, 0.3) is 0 Å². The van der Waals surface area contributed by atoms with E-state index in [9.17, 15) is 0 Å². The van der Waals surface area contributed by atoms with Gasteiger partial charge in [0.05, 0.1) is 11.2 Å². The maximum atomic E-state index is 6.05. The highest BCUT2D eigenvalue weighted by atomic mass is 16.7. The van der Waals surface area contributed by atoms with Gasteiger partial charge in [-0.1, -0.05) is 26.7 Å². The highest BCUT2D eigenvalue weighted by Gasteiger charge is 2.52. The number of aromatic nitrogens is 2. The number of nitrogens with zero attached hydrogens (tertiary/aromatic N) is 2. The van der Waals surface area contributed by atoms with Crippen LogP contribution in [0, 0.1) is 5.92 Å². The van der Waals surface area contributed by atoms with E-state index in [4.69, 9.17) is 9.31 Å². The first kappa shape index (κ1) is 15.6. The predicted octanol–water partition coefficient (Wildman–Crippen LogP) is 2.62. The fraction of sp³-hybridized carbons (Fsp3) is 0.800. The first-order valence-electron chi connectivity index (χ1n) is 7.67. The normalized spacial score (nSPS) is 20.9. The van der Waals surface area contributed by atoms with Crippen molar-refractivity contribution in [3.63, 3.8) is 0 Å². The molecule has 0 N–H and O–H groups in total. The summed E-state index contributed by atoms with van der Waals surface area (Å²) >= 11 is 0. The Bertz CT molecular complexity index is 436. The third kappa shape index (κ3) is 2.94. The third-order valence-electron chi connectivity index (χ3n) is 4.78. The molecule has 0 unspecified atom stereocenters. The minimum absolute atomic E-state index is 0.296. The van der Waals surface area contributed by atoms with Gasteiger partial charge in [0.25, 0.3) is 0 Å². The average Bonchev–Trinajstić information content (AvgIpc) is 2.90. The topological polar surface area (TPSA) is 36.3 Å². The summed E-state index contributed by atoms with van der Waals surface area (Å²) in [6.07, 6.45) is 6.29. The zero-order chi connectivity index (χ0) is 15.0. The molecule has 1 fully saturated rings. The van der Waals surface area contributed by atoms with Crippen molar-refractivity contribution in [3.8, 4) is 0 Å². The molecular weight excluding hydrogens is 251 g/mol. The summed E-state index contributed by atoms with van der Waals surface area (Å²) in [6.45, 7) is 13.7. The van der Waals surface area contributed by atoms with Crippen LogP contribution < -0.4 is 5.46 Å². The van der Waals surface area contributed by atoms with E-state index in [2.05, 4.69) is 52.8 Å². The van der Waals surface area contributed by atoms with Crippen LogP contribution in [0.4, 0.5) is 0 Å². The molecular formula is C15H27BN2O2. The minimum Gasteiger partial charge on any atom is -0.399 e. The zero-order valence-electron chi connectivity index (χ0n) is 13.6. The quantitative estimate of drug-likeness (QED) is 0.777. The van der Waals surface area contributed by atoms with E-state index in [-0.39, 0.29) is 18.3 Å². The van der Waals surface area contributed by atoms with Gasteiger partial charge < -0.3 is 9.31 Å². The fourth-order valence-corrected chi connectivity index (χ4v) is 2.39. The van der Waals surface area contributed by atoms with E-state index in [0.29, 0.717) is 5.92 Å². The Kier molecular flexibility index (Phi) is 4.31. The molecule has 2 heterocycles. The van der Waals surface area contributed by atoms with Crippen LogP contribution in [0.5, 0.6) is 0 Å². The SMILES string of the molecule is CCC(CC)Cn1cc(B2OC(C)(C)C(C)(C)O2)cn1. The number of hydrogen-bond acceptors (Lipinski definition) is 3. The molecule has 1 aliphatic heterocycles. The molecule has 0 amide bonds. The van der Waals surface area contributed by atoms with Crippen LogP contribution in [-0.2, 0) is 15.9 Å². The molecule has 1 aromatic rings. The summed E-state index contributed by atoms with van der Waals surface area (Å²) in [5, 5.41) is 4.45. The van der Waals surface area contributed by atoms with Crippen molar-refractivity contribution < 1.29 is 9.31 Å².